The maximum Gasteiger partial charge on any atom is 0.325 e. The lowest BCUT2D eigenvalue weighted by Crippen LogP contribution is -2.43. The molecule has 2 unspecified atom stereocenters. The zero-order chi connectivity index (χ0) is 14.0. The lowest BCUT2D eigenvalue weighted by atomic mass is 9.98. The summed E-state index contributed by atoms with van der Waals surface area (Å²) in [4.78, 5) is 25.9. The van der Waals surface area contributed by atoms with Crippen LogP contribution in [0.5, 0.6) is 0 Å². The van der Waals surface area contributed by atoms with Gasteiger partial charge in [0.2, 0.25) is 0 Å². The minimum absolute atomic E-state index is 0.172. The molecular formula is C13H19N3O3. The molecule has 0 saturated carbocycles. The molecule has 2 atom stereocenters. The standard InChI is InChI=1S/C13H19N3O3/c1-3-9(6-7-14)16-11(17)13(2,15-12(16)18)10-5-4-8-19-10/h4-5,8-9H,3,6-7,14H2,1-2H3,(H,15,18). The van der Waals surface area contributed by atoms with E-state index in [9.17, 15) is 9.59 Å². The van der Waals surface area contributed by atoms with Crippen LogP contribution in [0, 0.1) is 0 Å². The maximum absolute atomic E-state index is 12.6. The van der Waals surface area contributed by atoms with Gasteiger partial charge in [-0.3, -0.25) is 9.69 Å². The molecule has 104 valence electrons. The van der Waals surface area contributed by atoms with E-state index in [1.807, 2.05) is 6.92 Å². The van der Waals surface area contributed by atoms with E-state index in [2.05, 4.69) is 5.32 Å². The molecule has 1 aromatic heterocycles. The second-order valence-corrected chi connectivity index (χ2v) is 4.85. The minimum atomic E-state index is -1.12. The molecule has 0 spiro atoms. The van der Waals surface area contributed by atoms with Crippen LogP contribution in [0.1, 0.15) is 32.4 Å². The van der Waals surface area contributed by atoms with Crippen molar-refractivity contribution in [2.45, 2.75) is 38.3 Å². The first-order valence-electron chi connectivity index (χ1n) is 6.44. The average Bonchev–Trinajstić information content (AvgIpc) is 2.97. The van der Waals surface area contributed by atoms with Crippen LogP contribution in [-0.4, -0.2) is 29.4 Å². The number of nitrogens with zero attached hydrogens (tertiary/aromatic N) is 1. The van der Waals surface area contributed by atoms with Crippen LogP contribution < -0.4 is 11.1 Å². The molecule has 3 amide bonds. The van der Waals surface area contributed by atoms with E-state index in [0.717, 1.165) is 0 Å². The molecule has 0 radical (unpaired) electrons. The Labute approximate surface area is 111 Å². The van der Waals surface area contributed by atoms with Crippen molar-refractivity contribution in [1.82, 2.24) is 10.2 Å². The summed E-state index contributed by atoms with van der Waals surface area (Å²) in [6.45, 7) is 4.03. The number of carbonyl (C=O) groups is 2. The van der Waals surface area contributed by atoms with E-state index in [1.54, 1.807) is 19.1 Å². The van der Waals surface area contributed by atoms with Gasteiger partial charge in [0.1, 0.15) is 5.76 Å². The number of hydrogen-bond donors (Lipinski definition) is 2. The van der Waals surface area contributed by atoms with E-state index in [0.29, 0.717) is 25.1 Å². The largest absolute Gasteiger partial charge is 0.466 e. The third kappa shape index (κ3) is 2.12. The van der Waals surface area contributed by atoms with Gasteiger partial charge >= 0.3 is 6.03 Å². The molecule has 3 N–H and O–H groups in total. The van der Waals surface area contributed by atoms with Crippen molar-refractivity contribution >= 4 is 11.9 Å². The number of nitrogens with two attached hydrogens (primary N) is 1. The summed E-state index contributed by atoms with van der Waals surface area (Å²) >= 11 is 0. The number of hydrogen-bond acceptors (Lipinski definition) is 4. The molecule has 0 aliphatic carbocycles. The molecule has 1 aromatic rings. The zero-order valence-electron chi connectivity index (χ0n) is 11.2. The van der Waals surface area contributed by atoms with Crippen LogP contribution in [0.25, 0.3) is 0 Å². The van der Waals surface area contributed by atoms with Gasteiger partial charge in [-0.05, 0) is 38.4 Å². The Balaban J connectivity index is 2.30. The minimum Gasteiger partial charge on any atom is -0.466 e. The Hall–Kier alpha value is -1.82. The zero-order valence-corrected chi connectivity index (χ0v) is 11.2. The van der Waals surface area contributed by atoms with Crippen LogP contribution in [-0.2, 0) is 10.3 Å². The molecule has 1 aliphatic heterocycles. The van der Waals surface area contributed by atoms with Crippen molar-refractivity contribution in [3.05, 3.63) is 24.2 Å². The average molecular weight is 265 g/mol. The first-order chi connectivity index (χ1) is 9.04. The monoisotopic (exact) mass is 265 g/mol. The molecule has 2 heterocycles. The van der Waals surface area contributed by atoms with Crippen molar-refractivity contribution < 1.29 is 14.0 Å². The van der Waals surface area contributed by atoms with Gasteiger partial charge in [0.05, 0.1) is 6.26 Å². The number of nitrogens with one attached hydrogen (secondary N) is 1. The predicted molar refractivity (Wildman–Crippen MR) is 69.2 cm³/mol. The molecular weight excluding hydrogens is 246 g/mol. The molecule has 1 aliphatic rings. The first kappa shape index (κ1) is 13.6. The molecule has 2 rings (SSSR count). The molecule has 0 aromatic carbocycles. The number of carbonyl (C=O) groups excluding carboxylic acids is 2. The van der Waals surface area contributed by atoms with E-state index >= 15 is 0 Å². The van der Waals surface area contributed by atoms with Crippen LogP contribution >= 0.6 is 0 Å². The fraction of sp³-hybridized carbons (Fsp3) is 0.538. The third-order valence-electron chi connectivity index (χ3n) is 3.57. The summed E-state index contributed by atoms with van der Waals surface area (Å²) in [5.41, 5.74) is 4.42. The van der Waals surface area contributed by atoms with Crippen molar-refractivity contribution in [1.29, 1.82) is 0 Å². The smallest absolute Gasteiger partial charge is 0.325 e. The summed E-state index contributed by atoms with van der Waals surface area (Å²) in [7, 11) is 0. The number of urea groups is 1. The van der Waals surface area contributed by atoms with E-state index in [-0.39, 0.29) is 18.0 Å². The van der Waals surface area contributed by atoms with Gasteiger partial charge in [0.25, 0.3) is 5.91 Å². The summed E-state index contributed by atoms with van der Waals surface area (Å²) < 4.78 is 5.27. The Morgan fingerprint density at radius 2 is 2.26 bits per heavy atom. The molecule has 6 heteroatoms. The molecule has 1 fully saturated rings. The maximum atomic E-state index is 12.6. The Morgan fingerprint density at radius 1 is 1.53 bits per heavy atom. The molecule has 6 nitrogen and oxygen atoms in total. The van der Waals surface area contributed by atoms with Crippen molar-refractivity contribution in [2.75, 3.05) is 6.54 Å². The fourth-order valence-electron chi connectivity index (χ4n) is 2.43. The van der Waals surface area contributed by atoms with Gasteiger partial charge in [0.15, 0.2) is 5.54 Å². The lowest BCUT2D eigenvalue weighted by molar-refractivity contribution is -0.133. The second kappa shape index (κ2) is 5.05. The summed E-state index contributed by atoms with van der Waals surface area (Å²) in [6.07, 6.45) is 2.77. The van der Waals surface area contributed by atoms with Crippen molar-refractivity contribution in [3.8, 4) is 0 Å². The molecule has 1 saturated heterocycles. The van der Waals surface area contributed by atoms with Crippen LogP contribution in [0.3, 0.4) is 0 Å². The van der Waals surface area contributed by atoms with Gasteiger partial charge in [-0.15, -0.1) is 0 Å². The van der Waals surface area contributed by atoms with Gasteiger partial charge in [-0.2, -0.15) is 0 Å². The SMILES string of the molecule is CCC(CCN)N1C(=O)NC(C)(c2ccco2)C1=O. The molecule has 0 bridgehead atoms. The Bertz CT molecular complexity index is 471. The first-order valence-corrected chi connectivity index (χ1v) is 6.44. The highest BCUT2D eigenvalue weighted by molar-refractivity contribution is 6.07. The summed E-state index contributed by atoms with van der Waals surface area (Å²) in [5, 5.41) is 2.71. The summed E-state index contributed by atoms with van der Waals surface area (Å²) in [5.74, 6) is 0.156. The third-order valence-corrected chi connectivity index (χ3v) is 3.57. The summed E-state index contributed by atoms with van der Waals surface area (Å²) in [6, 6.07) is 2.82. The Kier molecular flexibility index (Phi) is 3.61. The fourth-order valence-corrected chi connectivity index (χ4v) is 2.43. The number of imide groups is 1. The Morgan fingerprint density at radius 3 is 2.79 bits per heavy atom. The van der Waals surface area contributed by atoms with Gasteiger partial charge in [-0.25, -0.2) is 4.79 Å². The van der Waals surface area contributed by atoms with E-state index in [1.165, 1.54) is 11.2 Å². The van der Waals surface area contributed by atoms with Crippen LogP contribution in [0.2, 0.25) is 0 Å². The van der Waals surface area contributed by atoms with E-state index in [4.69, 9.17) is 10.2 Å². The van der Waals surface area contributed by atoms with Gasteiger partial charge in [0, 0.05) is 6.04 Å². The highest BCUT2D eigenvalue weighted by Crippen LogP contribution is 2.31. The lowest BCUT2D eigenvalue weighted by Gasteiger charge is -2.25. The van der Waals surface area contributed by atoms with E-state index < -0.39 is 5.54 Å². The van der Waals surface area contributed by atoms with Gasteiger partial charge in [-0.1, -0.05) is 6.92 Å². The van der Waals surface area contributed by atoms with Gasteiger partial charge < -0.3 is 15.5 Å². The second-order valence-electron chi connectivity index (χ2n) is 4.85. The van der Waals surface area contributed by atoms with Crippen molar-refractivity contribution in [2.24, 2.45) is 5.73 Å². The number of rotatable bonds is 5. The van der Waals surface area contributed by atoms with Crippen LogP contribution in [0.15, 0.2) is 22.8 Å². The number of amides is 3. The quantitative estimate of drug-likeness (QED) is 0.782. The number of furan rings is 1. The van der Waals surface area contributed by atoms with Crippen molar-refractivity contribution in [3.63, 3.8) is 0 Å². The normalized spacial score (nSPS) is 24.7. The predicted octanol–water partition coefficient (Wildman–Crippen LogP) is 1.17. The molecule has 19 heavy (non-hydrogen) atoms. The van der Waals surface area contributed by atoms with Crippen LogP contribution in [0.4, 0.5) is 4.79 Å². The highest BCUT2D eigenvalue weighted by Gasteiger charge is 2.52. The highest BCUT2D eigenvalue weighted by atomic mass is 16.3. The topological polar surface area (TPSA) is 88.6 Å².